The molecule has 12 aromatic carbocycles. The molecule has 6 aromatic heterocycles. The molecule has 95 heavy (non-hydrogen) atoms. The fourth-order valence-electron chi connectivity index (χ4n) is 15.2. The first-order valence-corrected chi connectivity index (χ1v) is 30.8. The van der Waals surface area contributed by atoms with Crippen LogP contribution in [0.1, 0.15) is 33.4 Å². The standard InChI is InChI=1S/C83H42N12/c84-43-50-17-10-32-65-72(50)73-51(44-85)18-11-33-66(73)93(65)81-79(61-28-16-38-71-78(61)60-27-6-9-31-64(60)92(71)56-23-2-1-3-24-56)82(94-67-34-12-19-52(45-86)74(67)75-53(46-87)20-13-35-68(75)94)83(95-69-36-14-21-54(47-88)76(69)77-55(48-89)22-15-37-70(77)95)90-80(81)49-39-41-57(42-40-49)91-62-29-7-4-25-58(62)59-26-5-8-30-63(59)91/h1-42H. The summed E-state index contributed by atoms with van der Waals surface area (Å²) < 4.78 is 10.9. The maximum absolute atomic E-state index is 11.3. The summed E-state index contributed by atoms with van der Waals surface area (Å²) in [6.07, 6.45) is 0. The molecule has 0 saturated carbocycles. The normalized spacial score (nSPS) is 11.5. The van der Waals surface area contributed by atoms with Crippen LogP contribution < -0.4 is 0 Å². The molecule has 0 radical (unpaired) electrons. The Bertz CT molecular complexity index is 6460. The van der Waals surface area contributed by atoms with E-state index in [1.807, 2.05) is 97.1 Å². The van der Waals surface area contributed by atoms with Crippen molar-refractivity contribution in [3.05, 3.63) is 288 Å². The highest BCUT2D eigenvalue weighted by Gasteiger charge is 2.35. The predicted octanol–water partition coefficient (Wildman–Crippen LogP) is 19.1. The number of para-hydroxylation sites is 4. The Morgan fingerprint density at radius 3 is 0.979 bits per heavy atom. The van der Waals surface area contributed by atoms with Gasteiger partial charge in [-0.3, -0.25) is 4.57 Å². The number of hydrogen-bond acceptors (Lipinski definition) is 7. The van der Waals surface area contributed by atoms with E-state index in [4.69, 9.17) is 4.98 Å². The summed E-state index contributed by atoms with van der Waals surface area (Å²) in [7, 11) is 0. The lowest BCUT2D eigenvalue weighted by atomic mass is 9.93. The number of nitriles is 6. The lowest BCUT2D eigenvalue weighted by molar-refractivity contribution is 1.01. The minimum Gasteiger partial charge on any atom is -0.309 e. The van der Waals surface area contributed by atoms with Crippen LogP contribution in [0.5, 0.6) is 0 Å². The van der Waals surface area contributed by atoms with Gasteiger partial charge >= 0.3 is 0 Å². The second-order valence-corrected chi connectivity index (χ2v) is 23.5. The Morgan fingerprint density at radius 2 is 0.558 bits per heavy atom. The van der Waals surface area contributed by atoms with Crippen molar-refractivity contribution in [1.29, 1.82) is 31.6 Å². The van der Waals surface area contributed by atoms with Crippen LogP contribution in [0.4, 0.5) is 0 Å². The first-order valence-electron chi connectivity index (χ1n) is 30.8. The molecule has 0 spiro atoms. The predicted molar refractivity (Wildman–Crippen MR) is 375 cm³/mol. The molecule has 12 nitrogen and oxygen atoms in total. The summed E-state index contributed by atoms with van der Waals surface area (Å²) >= 11 is 0. The molecule has 0 unspecified atom stereocenters. The monoisotopic (exact) mass is 1210 g/mol. The molecule has 434 valence electrons. The molecule has 6 heterocycles. The number of benzene rings is 12. The summed E-state index contributed by atoms with van der Waals surface area (Å²) in [6.45, 7) is 0. The van der Waals surface area contributed by atoms with Crippen LogP contribution in [-0.4, -0.2) is 27.8 Å². The molecule has 0 fully saturated rings. The van der Waals surface area contributed by atoms with Crippen molar-refractivity contribution in [3.63, 3.8) is 0 Å². The third kappa shape index (κ3) is 7.42. The van der Waals surface area contributed by atoms with Crippen molar-refractivity contribution in [2.75, 3.05) is 0 Å². The molecule has 0 saturated heterocycles. The van der Waals surface area contributed by atoms with Gasteiger partial charge in [0.2, 0.25) is 0 Å². The van der Waals surface area contributed by atoms with Crippen molar-refractivity contribution in [1.82, 2.24) is 27.8 Å². The van der Waals surface area contributed by atoms with E-state index in [1.165, 1.54) is 0 Å². The summed E-state index contributed by atoms with van der Waals surface area (Å²) in [4.78, 5) is 6.26. The maximum atomic E-state index is 11.3. The lowest BCUT2D eigenvalue weighted by Crippen LogP contribution is -2.14. The molecule has 12 heteroatoms. The number of fused-ring (bicyclic) bond motifs is 15. The van der Waals surface area contributed by atoms with Crippen LogP contribution in [0.15, 0.2) is 255 Å². The fraction of sp³-hybridized carbons (Fsp3) is 0. The molecule has 18 rings (SSSR count). The lowest BCUT2D eigenvalue weighted by Gasteiger charge is -2.27. The van der Waals surface area contributed by atoms with Gasteiger partial charge in [-0.05, 0) is 127 Å². The van der Waals surface area contributed by atoms with Crippen molar-refractivity contribution >= 4 is 109 Å². The second kappa shape index (κ2) is 20.6. The molecular formula is C83H42N12. The highest BCUT2D eigenvalue weighted by Crippen LogP contribution is 2.53. The number of nitrogens with zero attached hydrogens (tertiary/aromatic N) is 12. The van der Waals surface area contributed by atoms with Gasteiger partial charge in [0.1, 0.15) is 0 Å². The fourth-order valence-corrected chi connectivity index (χ4v) is 15.2. The van der Waals surface area contributed by atoms with Gasteiger partial charge < -0.3 is 18.3 Å². The molecule has 0 amide bonds. The van der Waals surface area contributed by atoms with Gasteiger partial charge in [0.25, 0.3) is 0 Å². The molecule has 0 aliphatic carbocycles. The minimum absolute atomic E-state index is 0.350. The molecule has 18 aromatic rings. The summed E-state index contributed by atoms with van der Waals surface area (Å²) in [5, 5.41) is 74.8. The zero-order valence-electron chi connectivity index (χ0n) is 50.1. The third-order valence-corrected chi connectivity index (χ3v) is 18.9. The highest BCUT2D eigenvalue weighted by atomic mass is 15.2. The first kappa shape index (κ1) is 53.7. The van der Waals surface area contributed by atoms with Gasteiger partial charge in [-0.15, -0.1) is 0 Å². The zero-order valence-corrected chi connectivity index (χ0v) is 50.1. The number of pyridine rings is 1. The molecule has 0 aliphatic heterocycles. The number of aromatic nitrogens is 6. The molecule has 0 aliphatic rings. The van der Waals surface area contributed by atoms with E-state index >= 15 is 0 Å². The molecule has 0 atom stereocenters. The first-order chi connectivity index (χ1) is 47.0. The third-order valence-electron chi connectivity index (χ3n) is 18.9. The topological polar surface area (TPSA) is 180 Å². The quantitative estimate of drug-likeness (QED) is 0.152. The van der Waals surface area contributed by atoms with Crippen LogP contribution >= 0.6 is 0 Å². The summed E-state index contributed by atoms with van der Waals surface area (Å²) in [6, 6.07) is 98.8. The highest BCUT2D eigenvalue weighted by molar-refractivity contribution is 6.22. The molecular weight excluding hydrogens is 1160 g/mol. The number of hydrogen-bond donors (Lipinski definition) is 0. The van der Waals surface area contributed by atoms with E-state index in [9.17, 15) is 31.6 Å². The Hall–Kier alpha value is -14.3. The van der Waals surface area contributed by atoms with Crippen LogP contribution in [0.25, 0.3) is 160 Å². The van der Waals surface area contributed by atoms with E-state index in [0.29, 0.717) is 133 Å². The Kier molecular flexibility index (Phi) is 11.7. The average molecular weight is 1210 g/mol. The van der Waals surface area contributed by atoms with Crippen molar-refractivity contribution in [2.24, 2.45) is 0 Å². The summed E-state index contributed by atoms with van der Waals surface area (Å²) in [5.74, 6) is 0.374. The van der Waals surface area contributed by atoms with Gasteiger partial charge in [0.05, 0.1) is 142 Å². The van der Waals surface area contributed by atoms with Crippen molar-refractivity contribution < 1.29 is 0 Å². The summed E-state index contributed by atoms with van der Waals surface area (Å²) in [5.41, 5.74) is 15.1. The molecule has 0 bridgehead atoms. The van der Waals surface area contributed by atoms with E-state index in [2.05, 4.69) is 181 Å². The van der Waals surface area contributed by atoms with Crippen LogP contribution in [0.3, 0.4) is 0 Å². The Morgan fingerprint density at radius 1 is 0.242 bits per heavy atom. The van der Waals surface area contributed by atoms with E-state index in [-0.39, 0.29) is 0 Å². The van der Waals surface area contributed by atoms with Crippen molar-refractivity contribution in [3.8, 4) is 87.4 Å². The van der Waals surface area contributed by atoms with E-state index in [1.54, 1.807) is 36.4 Å². The average Bonchev–Trinajstić information content (AvgIpc) is 1.57. The van der Waals surface area contributed by atoms with Gasteiger partial charge in [-0.1, -0.05) is 133 Å². The smallest absolute Gasteiger partial charge is 0.163 e. The van der Waals surface area contributed by atoms with Gasteiger partial charge in [0, 0.05) is 76.4 Å². The largest absolute Gasteiger partial charge is 0.309 e. The van der Waals surface area contributed by atoms with Gasteiger partial charge in [0.15, 0.2) is 5.82 Å². The molecule has 0 N–H and O–H groups in total. The van der Waals surface area contributed by atoms with Gasteiger partial charge in [-0.25, -0.2) is 4.98 Å². The SMILES string of the molecule is N#Cc1cccc2c1c1c(C#N)cccc1n2-c1nc(-c2ccc(-n3c4ccccc4c4ccccc43)cc2)c(-n2c3cccc(C#N)c3c3c(C#N)cccc32)c(-c2cccc3c2c2ccccc2n3-c2ccccc2)c1-n1c2cccc(C#N)c2c2c(C#N)cccc21. The number of rotatable bonds is 7. The van der Waals surface area contributed by atoms with Crippen molar-refractivity contribution in [2.45, 2.75) is 0 Å². The Labute approximate surface area is 541 Å². The van der Waals surface area contributed by atoms with E-state index < -0.39 is 0 Å². The zero-order chi connectivity index (χ0) is 63.7. The van der Waals surface area contributed by atoms with Gasteiger partial charge in [-0.2, -0.15) is 31.6 Å². The Balaban J connectivity index is 1.15. The van der Waals surface area contributed by atoms with E-state index in [0.717, 1.165) is 60.5 Å². The van der Waals surface area contributed by atoms with Crippen LogP contribution in [0, 0.1) is 68.0 Å². The maximum Gasteiger partial charge on any atom is 0.163 e. The minimum atomic E-state index is 0.350. The van der Waals surface area contributed by atoms with Crippen LogP contribution in [0.2, 0.25) is 0 Å². The second-order valence-electron chi connectivity index (χ2n) is 23.5. The van der Waals surface area contributed by atoms with Crippen LogP contribution in [-0.2, 0) is 0 Å².